The van der Waals surface area contributed by atoms with Gasteiger partial charge in [0.15, 0.2) is 0 Å². The zero-order valence-corrected chi connectivity index (χ0v) is 10.3. The molecule has 5 nitrogen and oxygen atoms in total. The van der Waals surface area contributed by atoms with Crippen molar-refractivity contribution >= 4 is 11.9 Å². The molecule has 0 heterocycles. The molecule has 0 aromatic heterocycles. The van der Waals surface area contributed by atoms with Gasteiger partial charge in [-0.1, -0.05) is 0 Å². The van der Waals surface area contributed by atoms with Gasteiger partial charge in [-0.3, -0.25) is 4.79 Å². The molecule has 0 unspecified atom stereocenters. The smallest absolute Gasteiger partial charge is 0.320 e. The van der Waals surface area contributed by atoms with Crippen LogP contribution in [0.15, 0.2) is 0 Å². The highest BCUT2D eigenvalue weighted by atomic mass is 16.2. The molecule has 0 aromatic carbocycles. The van der Waals surface area contributed by atoms with Crippen LogP contribution in [-0.2, 0) is 4.79 Å². The van der Waals surface area contributed by atoms with Gasteiger partial charge in [0.25, 0.3) is 0 Å². The number of rotatable bonds is 5. The zero-order chi connectivity index (χ0) is 12.1. The summed E-state index contributed by atoms with van der Waals surface area (Å²) >= 11 is 0. The lowest BCUT2D eigenvalue weighted by molar-refractivity contribution is -0.121. The maximum absolute atomic E-state index is 11.8. The molecule has 0 bridgehead atoms. The maximum atomic E-state index is 11.8. The molecular formula is C11H21N3O2. The summed E-state index contributed by atoms with van der Waals surface area (Å²) in [7, 11) is 1.66. The second-order valence-electron chi connectivity index (χ2n) is 4.15. The van der Waals surface area contributed by atoms with Crippen molar-refractivity contribution in [2.45, 2.75) is 32.7 Å². The van der Waals surface area contributed by atoms with Gasteiger partial charge in [0.1, 0.15) is 6.54 Å². The lowest BCUT2D eigenvalue weighted by Crippen LogP contribution is -2.45. The monoisotopic (exact) mass is 227 g/mol. The van der Waals surface area contributed by atoms with Crippen molar-refractivity contribution in [1.29, 1.82) is 0 Å². The van der Waals surface area contributed by atoms with Crippen LogP contribution in [0.25, 0.3) is 0 Å². The van der Waals surface area contributed by atoms with E-state index in [1.54, 1.807) is 11.9 Å². The summed E-state index contributed by atoms with van der Waals surface area (Å²) in [6.07, 6.45) is 2.14. The van der Waals surface area contributed by atoms with Crippen LogP contribution in [0.2, 0.25) is 0 Å². The molecule has 1 aliphatic carbocycles. The molecule has 1 aliphatic rings. The van der Waals surface area contributed by atoms with E-state index < -0.39 is 0 Å². The Balaban J connectivity index is 2.34. The number of hydrogen-bond donors (Lipinski definition) is 1. The first-order valence-electron chi connectivity index (χ1n) is 5.87. The Bertz CT molecular complexity index is 260. The van der Waals surface area contributed by atoms with Crippen LogP contribution in [0.1, 0.15) is 26.7 Å². The van der Waals surface area contributed by atoms with E-state index in [4.69, 9.17) is 0 Å². The van der Waals surface area contributed by atoms with Crippen molar-refractivity contribution in [3.63, 3.8) is 0 Å². The molecule has 1 fully saturated rings. The minimum Gasteiger partial charge on any atom is -0.352 e. The minimum atomic E-state index is -0.0871. The quantitative estimate of drug-likeness (QED) is 0.750. The van der Waals surface area contributed by atoms with Crippen LogP contribution in [0.4, 0.5) is 4.79 Å². The van der Waals surface area contributed by atoms with Gasteiger partial charge in [-0.25, -0.2) is 4.79 Å². The van der Waals surface area contributed by atoms with Gasteiger partial charge in [0.2, 0.25) is 5.91 Å². The Labute approximate surface area is 96.8 Å². The molecule has 0 atom stereocenters. The van der Waals surface area contributed by atoms with Crippen LogP contribution in [0, 0.1) is 0 Å². The molecule has 16 heavy (non-hydrogen) atoms. The fourth-order valence-electron chi connectivity index (χ4n) is 1.52. The summed E-state index contributed by atoms with van der Waals surface area (Å²) in [6.45, 7) is 5.35. The van der Waals surface area contributed by atoms with Gasteiger partial charge in [-0.2, -0.15) is 0 Å². The van der Waals surface area contributed by atoms with E-state index >= 15 is 0 Å². The van der Waals surface area contributed by atoms with Crippen molar-refractivity contribution in [2.24, 2.45) is 0 Å². The number of amides is 3. The van der Waals surface area contributed by atoms with Crippen LogP contribution in [0.3, 0.4) is 0 Å². The Hall–Kier alpha value is -1.26. The van der Waals surface area contributed by atoms with Gasteiger partial charge in [-0.05, 0) is 26.7 Å². The van der Waals surface area contributed by atoms with Crippen molar-refractivity contribution in [3.05, 3.63) is 0 Å². The zero-order valence-electron chi connectivity index (χ0n) is 10.3. The van der Waals surface area contributed by atoms with Crippen LogP contribution in [0.5, 0.6) is 0 Å². The van der Waals surface area contributed by atoms with E-state index in [9.17, 15) is 9.59 Å². The van der Waals surface area contributed by atoms with Crippen LogP contribution >= 0.6 is 0 Å². The number of carbonyl (C=O) groups is 2. The molecule has 3 amide bonds. The fraction of sp³-hybridized carbons (Fsp3) is 0.818. The highest BCUT2D eigenvalue weighted by molar-refractivity contribution is 5.84. The first-order chi connectivity index (χ1) is 7.58. The molecule has 92 valence electrons. The summed E-state index contributed by atoms with van der Waals surface area (Å²) in [5.41, 5.74) is 0. The SMILES string of the molecule is CCN(CC)C(=O)N(C)CC(=O)NC1CC1. The molecule has 1 rings (SSSR count). The van der Waals surface area contributed by atoms with Gasteiger partial charge < -0.3 is 15.1 Å². The summed E-state index contributed by atoms with van der Waals surface area (Å²) < 4.78 is 0. The van der Waals surface area contributed by atoms with E-state index in [0.717, 1.165) is 12.8 Å². The predicted molar refractivity (Wildman–Crippen MR) is 62.1 cm³/mol. The molecule has 0 saturated heterocycles. The first-order valence-corrected chi connectivity index (χ1v) is 5.87. The molecule has 1 N–H and O–H groups in total. The van der Waals surface area contributed by atoms with Crippen molar-refractivity contribution in [3.8, 4) is 0 Å². The molecule has 0 radical (unpaired) electrons. The topological polar surface area (TPSA) is 52.7 Å². The average Bonchev–Trinajstić information content (AvgIpc) is 3.03. The van der Waals surface area contributed by atoms with Crippen LogP contribution in [-0.4, -0.2) is 54.5 Å². The molecule has 1 saturated carbocycles. The number of nitrogens with zero attached hydrogens (tertiary/aromatic N) is 2. The molecular weight excluding hydrogens is 206 g/mol. The summed E-state index contributed by atoms with van der Waals surface area (Å²) in [5.74, 6) is -0.0643. The lowest BCUT2D eigenvalue weighted by Gasteiger charge is -2.25. The highest BCUT2D eigenvalue weighted by Crippen LogP contribution is 2.18. The Morgan fingerprint density at radius 3 is 2.25 bits per heavy atom. The average molecular weight is 227 g/mol. The third-order valence-corrected chi connectivity index (χ3v) is 2.68. The Morgan fingerprint density at radius 1 is 1.25 bits per heavy atom. The normalized spacial score (nSPS) is 14.4. The molecule has 0 aliphatic heterocycles. The maximum Gasteiger partial charge on any atom is 0.320 e. The second-order valence-corrected chi connectivity index (χ2v) is 4.15. The van der Waals surface area contributed by atoms with E-state index in [2.05, 4.69) is 5.32 Å². The summed E-state index contributed by atoms with van der Waals surface area (Å²) in [5, 5.41) is 2.86. The molecule has 5 heteroatoms. The molecule has 0 aromatic rings. The lowest BCUT2D eigenvalue weighted by atomic mass is 10.4. The van der Waals surface area contributed by atoms with E-state index in [1.165, 1.54) is 4.90 Å². The van der Waals surface area contributed by atoms with Gasteiger partial charge in [0, 0.05) is 26.2 Å². The largest absolute Gasteiger partial charge is 0.352 e. The standard InChI is InChI=1S/C11H21N3O2/c1-4-14(5-2)11(16)13(3)8-10(15)12-9-6-7-9/h9H,4-8H2,1-3H3,(H,12,15). The third-order valence-electron chi connectivity index (χ3n) is 2.68. The van der Waals surface area contributed by atoms with Crippen molar-refractivity contribution in [2.75, 3.05) is 26.7 Å². The van der Waals surface area contributed by atoms with Gasteiger partial charge >= 0.3 is 6.03 Å². The van der Waals surface area contributed by atoms with E-state index in [-0.39, 0.29) is 18.5 Å². The third kappa shape index (κ3) is 3.72. The first kappa shape index (κ1) is 12.8. The van der Waals surface area contributed by atoms with E-state index in [1.807, 2.05) is 13.8 Å². The predicted octanol–water partition coefficient (Wildman–Crippen LogP) is 0.659. The number of nitrogens with one attached hydrogen (secondary N) is 1. The Kier molecular flexibility index (Phi) is 4.58. The number of carbonyl (C=O) groups excluding carboxylic acids is 2. The van der Waals surface area contributed by atoms with Crippen molar-refractivity contribution < 1.29 is 9.59 Å². The van der Waals surface area contributed by atoms with Gasteiger partial charge in [0.05, 0.1) is 0 Å². The summed E-state index contributed by atoms with van der Waals surface area (Å²) in [6, 6.07) is 0.264. The van der Waals surface area contributed by atoms with E-state index in [0.29, 0.717) is 19.1 Å². The van der Waals surface area contributed by atoms with Gasteiger partial charge in [-0.15, -0.1) is 0 Å². The summed E-state index contributed by atoms with van der Waals surface area (Å²) in [4.78, 5) is 26.5. The fourth-order valence-corrected chi connectivity index (χ4v) is 1.52. The molecule has 0 spiro atoms. The second kappa shape index (κ2) is 5.72. The number of urea groups is 1. The minimum absolute atomic E-state index is 0.0643. The number of likely N-dealkylation sites (N-methyl/N-ethyl adjacent to an activating group) is 1. The van der Waals surface area contributed by atoms with Crippen LogP contribution < -0.4 is 5.32 Å². The van der Waals surface area contributed by atoms with Crippen molar-refractivity contribution in [1.82, 2.24) is 15.1 Å². The number of hydrogen-bond acceptors (Lipinski definition) is 2. The highest BCUT2D eigenvalue weighted by Gasteiger charge is 2.24. The Morgan fingerprint density at radius 2 is 1.81 bits per heavy atom.